The van der Waals surface area contributed by atoms with Crippen molar-refractivity contribution in [1.82, 2.24) is 0 Å². The number of alkyl halides is 2. The molecule has 5 rings (SSSR count). The zero-order valence-electron chi connectivity index (χ0n) is 19.0. The number of hydrogen-bond acceptors (Lipinski definition) is 1. The Hall–Kier alpha value is -3.60. The van der Waals surface area contributed by atoms with Crippen LogP contribution in [0.1, 0.15) is 5.56 Å². The molecule has 0 aromatic heterocycles. The van der Waals surface area contributed by atoms with Crippen LogP contribution < -0.4 is 4.74 Å². The minimum absolute atomic E-state index is 0.0477. The van der Waals surface area contributed by atoms with Crippen LogP contribution in [0, 0.1) is 32.7 Å². The van der Waals surface area contributed by atoms with Gasteiger partial charge >= 0.3 is 6.11 Å². The molecule has 5 aromatic rings. The molecule has 38 heavy (non-hydrogen) atoms. The fourth-order valence-corrected chi connectivity index (χ4v) is 4.56. The number of benzene rings is 5. The third-order valence-electron chi connectivity index (χ3n) is 5.91. The maximum atomic E-state index is 14.9. The van der Waals surface area contributed by atoms with E-state index in [1.807, 2.05) is 0 Å². The molecule has 0 aliphatic heterocycles. The number of rotatable bonds is 5. The minimum atomic E-state index is -4.50. The lowest BCUT2D eigenvalue weighted by Gasteiger charge is -2.20. The summed E-state index contributed by atoms with van der Waals surface area (Å²) in [6.07, 6.45) is -4.50. The van der Waals surface area contributed by atoms with Crippen LogP contribution in [0.25, 0.3) is 33.0 Å². The lowest BCUT2D eigenvalue weighted by molar-refractivity contribution is -0.189. The molecule has 0 spiro atoms. The summed E-state index contributed by atoms with van der Waals surface area (Å²) in [5.41, 5.74) is -0.928. The van der Waals surface area contributed by atoms with Gasteiger partial charge in [-0.25, -0.2) is 22.0 Å². The quantitative estimate of drug-likeness (QED) is 0.106. The number of ether oxygens (including phenoxy) is 1. The highest BCUT2D eigenvalue weighted by atomic mass is 127. The molecule has 0 N–H and O–H groups in total. The van der Waals surface area contributed by atoms with E-state index in [4.69, 9.17) is 0 Å². The summed E-state index contributed by atoms with van der Waals surface area (Å²) in [6, 6.07) is 18.0. The first-order valence-electron chi connectivity index (χ1n) is 11.0. The van der Waals surface area contributed by atoms with E-state index in [0.29, 0.717) is 17.7 Å². The van der Waals surface area contributed by atoms with Gasteiger partial charge in [0.25, 0.3) is 0 Å². The second-order valence-corrected chi connectivity index (χ2v) is 9.44. The van der Waals surface area contributed by atoms with Crippen LogP contribution in [0.4, 0.5) is 30.7 Å². The lowest BCUT2D eigenvalue weighted by atomic mass is 9.98. The Labute approximate surface area is 225 Å². The van der Waals surface area contributed by atoms with Crippen molar-refractivity contribution in [3.05, 3.63) is 123 Å². The Morgan fingerprint density at radius 2 is 1.26 bits per heavy atom. The summed E-state index contributed by atoms with van der Waals surface area (Å²) < 4.78 is 107. The van der Waals surface area contributed by atoms with Crippen molar-refractivity contribution in [2.75, 3.05) is 0 Å². The van der Waals surface area contributed by atoms with Gasteiger partial charge in [-0.2, -0.15) is 8.78 Å². The molecule has 0 bridgehead atoms. The molecule has 0 saturated heterocycles. The highest BCUT2D eigenvalue weighted by Gasteiger charge is 2.41. The summed E-state index contributed by atoms with van der Waals surface area (Å²) in [5.74, 6) is -6.49. The van der Waals surface area contributed by atoms with Gasteiger partial charge in [0, 0.05) is 10.9 Å². The van der Waals surface area contributed by atoms with Crippen molar-refractivity contribution in [1.29, 1.82) is 0 Å². The van der Waals surface area contributed by atoms with Crippen molar-refractivity contribution < 1.29 is 35.5 Å². The Kier molecular flexibility index (Phi) is 6.81. The fraction of sp³-hybridized carbons (Fsp3) is 0.0345. The van der Waals surface area contributed by atoms with E-state index in [0.717, 1.165) is 29.8 Å². The third kappa shape index (κ3) is 4.82. The topological polar surface area (TPSA) is 9.23 Å². The average Bonchev–Trinajstić information content (AvgIpc) is 2.87. The van der Waals surface area contributed by atoms with Gasteiger partial charge in [0.1, 0.15) is 40.4 Å². The second-order valence-electron chi connectivity index (χ2n) is 8.36. The van der Waals surface area contributed by atoms with Crippen molar-refractivity contribution in [2.45, 2.75) is 6.11 Å². The summed E-state index contributed by atoms with van der Waals surface area (Å²) >= 11 is 1.47. The van der Waals surface area contributed by atoms with Gasteiger partial charge in [0.15, 0.2) is 0 Å². The Morgan fingerprint density at radius 1 is 0.605 bits per heavy atom. The Bertz CT molecular complexity index is 1660. The fourth-order valence-electron chi connectivity index (χ4n) is 4.11. The monoisotopic (exact) mass is 638 g/mol. The number of fused-ring (bicyclic) bond motifs is 1. The first kappa shape index (κ1) is 26.0. The average molecular weight is 638 g/mol. The molecule has 0 aliphatic rings. The third-order valence-corrected chi connectivity index (χ3v) is 6.90. The minimum Gasteiger partial charge on any atom is -0.429 e. The van der Waals surface area contributed by atoms with Crippen molar-refractivity contribution >= 4 is 33.4 Å². The Balaban J connectivity index is 1.47. The summed E-state index contributed by atoms with van der Waals surface area (Å²) in [5, 5.41) is -0.132. The molecule has 0 saturated carbocycles. The molecular formula is C29H14F7IO. The normalized spacial score (nSPS) is 11.7. The molecular weight excluding hydrogens is 624 g/mol. The maximum Gasteiger partial charge on any atom is 0.432 e. The van der Waals surface area contributed by atoms with E-state index in [2.05, 4.69) is 4.74 Å². The van der Waals surface area contributed by atoms with E-state index in [9.17, 15) is 30.7 Å². The van der Waals surface area contributed by atoms with Gasteiger partial charge < -0.3 is 4.74 Å². The molecule has 0 amide bonds. The highest BCUT2D eigenvalue weighted by Crippen LogP contribution is 2.39. The van der Waals surface area contributed by atoms with E-state index < -0.39 is 46.5 Å². The molecule has 0 unspecified atom stereocenters. The summed E-state index contributed by atoms with van der Waals surface area (Å²) in [7, 11) is 0. The first-order chi connectivity index (χ1) is 18.0. The standard InChI is InChI=1S/C29H14F7IO/c30-22-11-16(15-4-2-1-3-5-15)6-8-20(22)18-12-23(31)26(24(32)13-18)29(35,36)38-19-7-9-21-17(10-19)14-25(33)28(37)27(21)34/h1-14H. The zero-order chi connectivity index (χ0) is 27.2. The zero-order valence-corrected chi connectivity index (χ0v) is 21.2. The van der Waals surface area contributed by atoms with Crippen LogP contribution in [0.2, 0.25) is 0 Å². The largest absolute Gasteiger partial charge is 0.432 e. The molecule has 1 nitrogen and oxygen atoms in total. The molecule has 0 aliphatic carbocycles. The number of halogens is 8. The molecule has 0 heterocycles. The van der Waals surface area contributed by atoms with Gasteiger partial charge in [0.05, 0.1) is 3.57 Å². The van der Waals surface area contributed by atoms with Crippen LogP contribution in [0.5, 0.6) is 5.75 Å². The van der Waals surface area contributed by atoms with Crippen LogP contribution in [-0.4, -0.2) is 0 Å². The van der Waals surface area contributed by atoms with Crippen LogP contribution in [0.15, 0.2) is 84.9 Å². The van der Waals surface area contributed by atoms with Crippen molar-refractivity contribution in [3.63, 3.8) is 0 Å². The van der Waals surface area contributed by atoms with E-state index >= 15 is 0 Å². The van der Waals surface area contributed by atoms with Gasteiger partial charge in [0.2, 0.25) is 0 Å². The summed E-state index contributed by atoms with van der Waals surface area (Å²) in [4.78, 5) is 0. The first-order valence-corrected chi connectivity index (χ1v) is 12.1. The summed E-state index contributed by atoms with van der Waals surface area (Å²) in [6.45, 7) is 0. The second kappa shape index (κ2) is 9.94. The van der Waals surface area contributed by atoms with E-state index in [1.54, 1.807) is 36.4 Å². The SMILES string of the molecule is Fc1cc(-c2ccccc2)ccc1-c1cc(F)c(C(F)(F)Oc2ccc3c(F)c(I)c(F)cc3c2)c(F)c1. The Morgan fingerprint density at radius 3 is 1.92 bits per heavy atom. The maximum absolute atomic E-state index is 14.9. The molecule has 0 atom stereocenters. The van der Waals surface area contributed by atoms with Gasteiger partial charge in [-0.1, -0.05) is 42.5 Å². The molecule has 0 fully saturated rings. The molecule has 9 heteroatoms. The molecule has 5 aromatic carbocycles. The van der Waals surface area contributed by atoms with Crippen molar-refractivity contribution in [3.8, 4) is 28.0 Å². The molecule has 0 radical (unpaired) electrons. The van der Waals surface area contributed by atoms with Crippen LogP contribution >= 0.6 is 22.6 Å². The van der Waals surface area contributed by atoms with Crippen LogP contribution in [-0.2, 0) is 6.11 Å². The van der Waals surface area contributed by atoms with Gasteiger partial charge in [-0.15, -0.1) is 0 Å². The smallest absolute Gasteiger partial charge is 0.429 e. The molecule has 192 valence electrons. The lowest BCUT2D eigenvalue weighted by Crippen LogP contribution is -2.25. The van der Waals surface area contributed by atoms with Crippen LogP contribution in [0.3, 0.4) is 0 Å². The van der Waals surface area contributed by atoms with Gasteiger partial charge in [-0.3, -0.25) is 0 Å². The van der Waals surface area contributed by atoms with E-state index in [1.165, 1.54) is 34.7 Å². The predicted octanol–water partition coefficient (Wildman–Crippen LogP) is 9.60. The predicted molar refractivity (Wildman–Crippen MR) is 138 cm³/mol. The van der Waals surface area contributed by atoms with E-state index in [-0.39, 0.29) is 25.5 Å². The van der Waals surface area contributed by atoms with Crippen molar-refractivity contribution in [2.24, 2.45) is 0 Å². The highest BCUT2D eigenvalue weighted by molar-refractivity contribution is 14.1. The number of hydrogen-bond donors (Lipinski definition) is 0. The van der Waals surface area contributed by atoms with Gasteiger partial charge in [-0.05, 0) is 87.1 Å².